The summed E-state index contributed by atoms with van der Waals surface area (Å²) in [6.45, 7) is 4.68. The second kappa shape index (κ2) is 4.18. The van der Waals surface area contributed by atoms with E-state index in [2.05, 4.69) is 4.98 Å². The van der Waals surface area contributed by atoms with Gasteiger partial charge in [0.15, 0.2) is 5.13 Å². The van der Waals surface area contributed by atoms with E-state index < -0.39 is 5.60 Å². The summed E-state index contributed by atoms with van der Waals surface area (Å²) in [6.07, 6.45) is 1.82. The summed E-state index contributed by atoms with van der Waals surface area (Å²) < 4.78 is 11.4. The quantitative estimate of drug-likeness (QED) is 0.798. The Hall–Kier alpha value is -1.14. The fourth-order valence-electron chi connectivity index (χ4n) is 3.27. The lowest BCUT2D eigenvalue weighted by atomic mass is 9.74. The van der Waals surface area contributed by atoms with Crippen molar-refractivity contribution in [3.63, 3.8) is 0 Å². The normalized spacial score (nSPS) is 33.6. The van der Waals surface area contributed by atoms with Crippen molar-refractivity contribution in [2.75, 3.05) is 12.3 Å². The van der Waals surface area contributed by atoms with E-state index in [1.165, 1.54) is 11.3 Å². The zero-order valence-corrected chi connectivity index (χ0v) is 12.0. The molecule has 0 aromatic carbocycles. The number of anilines is 1. The smallest absolute Gasteiger partial charge is 0.307 e. The number of nitrogens with two attached hydrogens (primary N) is 1. The summed E-state index contributed by atoms with van der Waals surface area (Å²) in [5, 5.41) is 2.47. The van der Waals surface area contributed by atoms with Gasteiger partial charge in [-0.2, -0.15) is 0 Å². The Kier molecular flexibility index (Phi) is 2.83. The van der Waals surface area contributed by atoms with Crippen molar-refractivity contribution in [1.82, 2.24) is 4.98 Å². The second-order valence-electron chi connectivity index (χ2n) is 5.94. The lowest BCUT2D eigenvalue weighted by Gasteiger charge is -2.43. The highest BCUT2D eigenvalue weighted by molar-refractivity contribution is 7.13. The fourth-order valence-corrected chi connectivity index (χ4v) is 3.89. The van der Waals surface area contributed by atoms with Gasteiger partial charge in [-0.3, -0.25) is 4.79 Å². The number of nitrogen functional groups attached to an aromatic ring is 1. The molecular weight excluding hydrogens is 264 g/mol. The number of hydrogen-bond donors (Lipinski definition) is 1. The third-order valence-corrected chi connectivity index (χ3v) is 4.65. The predicted octanol–water partition coefficient (Wildman–Crippen LogP) is 2.08. The molecule has 0 bridgehead atoms. The largest absolute Gasteiger partial charge is 0.458 e. The first-order valence-corrected chi connectivity index (χ1v) is 7.35. The number of esters is 1. The fraction of sp³-hybridized carbons (Fsp3) is 0.692. The number of rotatable bonds is 1. The van der Waals surface area contributed by atoms with Crippen LogP contribution in [0.4, 0.5) is 5.13 Å². The van der Waals surface area contributed by atoms with Gasteiger partial charge in [0, 0.05) is 18.2 Å². The summed E-state index contributed by atoms with van der Waals surface area (Å²) in [5.74, 6) is -0.147. The molecule has 19 heavy (non-hydrogen) atoms. The highest BCUT2D eigenvalue weighted by atomic mass is 32.1. The number of aromatic nitrogens is 1. The molecule has 0 radical (unpaired) electrons. The summed E-state index contributed by atoms with van der Waals surface area (Å²) in [4.78, 5) is 16.1. The Balaban J connectivity index is 1.96. The molecule has 104 valence electrons. The van der Waals surface area contributed by atoms with Crippen LogP contribution in [0, 0.1) is 0 Å². The summed E-state index contributed by atoms with van der Waals surface area (Å²) in [6, 6.07) is 0. The van der Waals surface area contributed by atoms with Crippen molar-refractivity contribution in [3.8, 4) is 0 Å². The topological polar surface area (TPSA) is 74.4 Å². The molecule has 0 unspecified atom stereocenters. The number of carbonyl (C=O) groups excluding carboxylic acids is 1. The SMILES string of the molecule is CC1(C)C[C@@]2(CCO1)OC(=O)C[C@H]2c1csc(N)n1. The van der Waals surface area contributed by atoms with Crippen LogP contribution in [-0.4, -0.2) is 28.8 Å². The Labute approximate surface area is 116 Å². The molecule has 3 rings (SSSR count). The molecule has 6 heteroatoms. The lowest BCUT2D eigenvalue weighted by molar-refractivity contribution is -0.174. The van der Waals surface area contributed by atoms with Crippen LogP contribution < -0.4 is 5.73 Å². The number of ether oxygens (including phenoxy) is 2. The van der Waals surface area contributed by atoms with Crippen LogP contribution in [0.2, 0.25) is 0 Å². The minimum absolute atomic E-state index is 0.00303. The average Bonchev–Trinajstić information content (AvgIpc) is 2.82. The minimum Gasteiger partial charge on any atom is -0.458 e. The third kappa shape index (κ3) is 2.23. The van der Waals surface area contributed by atoms with E-state index in [1.54, 1.807) is 0 Å². The van der Waals surface area contributed by atoms with E-state index in [0.717, 1.165) is 12.1 Å². The number of thiazole rings is 1. The van der Waals surface area contributed by atoms with Crippen molar-refractivity contribution in [3.05, 3.63) is 11.1 Å². The summed E-state index contributed by atoms with van der Waals surface area (Å²) in [5.41, 5.74) is 5.84. The van der Waals surface area contributed by atoms with Gasteiger partial charge < -0.3 is 15.2 Å². The van der Waals surface area contributed by atoms with Crippen molar-refractivity contribution in [1.29, 1.82) is 0 Å². The highest BCUT2D eigenvalue weighted by Gasteiger charge is 2.55. The summed E-state index contributed by atoms with van der Waals surface area (Å²) >= 11 is 1.41. The Bertz CT molecular complexity index is 514. The maximum absolute atomic E-state index is 11.8. The van der Waals surface area contributed by atoms with Crippen molar-refractivity contribution in [2.24, 2.45) is 0 Å². The van der Waals surface area contributed by atoms with Crippen LogP contribution in [-0.2, 0) is 14.3 Å². The maximum Gasteiger partial charge on any atom is 0.307 e. The van der Waals surface area contributed by atoms with E-state index in [-0.39, 0.29) is 17.5 Å². The molecular formula is C13H18N2O3S. The average molecular weight is 282 g/mol. The molecule has 2 saturated heterocycles. The van der Waals surface area contributed by atoms with Crippen LogP contribution in [0.3, 0.4) is 0 Å². The number of nitrogens with zero attached hydrogens (tertiary/aromatic N) is 1. The lowest BCUT2D eigenvalue weighted by Crippen LogP contribution is -2.48. The van der Waals surface area contributed by atoms with Crippen LogP contribution in [0.25, 0.3) is 0 Å². The molecule has 3 heterocycles. The Morgan fingerprint density at radius 2 is 2.32 bits per heavy atom. The molecule has 1 aromatic rings. The molecule has 2 aliphatic heterocycles. The zero-order chi connectivity index (χ0) is 13.7. The molecule has 2 atom stereocenters. The van der Waals surface area contributed by atoms with Gasteiger partial charge in [0.2, 0.25) is 0 Å². The monoisotopic (exact) mass is 282 g/mol. The molecule has 2 fully saturated rings. The Morgan fingerprint density at radius 3 is 2.95 bits per heavy atom. The van der Waals surface area contributed by atoms with Gasteiger partial charge in [-0.05, 0) is 13.8 Å². The first-order chi connectivity index (χ1) is 8.90. The van der Waals surface area contributed by atoms with Gasteiger partial charge in [-0.25, -0.2) is 4.98 Å². The van der Waals surface area contributed by atoms with Crippen molar-refractivity contribution < 1.29 is 14.3 Å². The third-order valence-electron chi connectivity index (χ3n) is 3.96. The zero-order valence-electron chi connectivity index (χ0n) is 11.1. The highest BCUT2D eigenvalue weighted by Crippen LogP contribution is 2.50. The molecule has 1 aromatic heterocycles. The van der Waals surface area contributed by atoms with Crippen LogP contribution in [0.5, 0.6) is 0 Å². The first-order valence-electron chi connectivity index (χ1n) is 6.47. The van der Waals surface area contributed by atoms with Crippen LogP contribution in [0.1, 0.15) is 44.7 Å². The Morgan fingerprint density at radius 1 is 1.53 bits per heavy atom. The van der Waals surface area contributed by atoms with E-state index in [1.807, 2.05) is 19.2 Å². The molecule has 2 N–H and O–H groups in total. The van der Waals surface area contributed by atoms with Gasteiger partial charge in [-0.15, -0.1) is 11.3 Å². The van der Waals surface area contributed by atoms with Crippen LogP contribution in [0.15, 0.2) is 5.38 Å². The summed E-state index contributed by atoms with van der Waals surface area (Å²) in [7, 11) is 0. The molecule has 2 aliphatic rings. The standard InChI is InChI=1S/C13H18N2O3S/c1-12(2)7-13(3-4-17-12)8(5-10(16)18-13)9-6-19-11(14)15-9/h6,8H,3-5,7H2,1-2H3,(H2,14,15)/t8-,13+/m0/s1. The van der Waals surface area contributed by atoms with Crippen molar-refractivity contribution in [2.45, 2.75) is 50.2 Å². The van der Waals surface area contributed by atoms with Crippen LogP contribution >= 0.6 is 11.3 Å². The van der Waals surface area contributed by atoms with E-state index in [9.17, 15) is 4.79 Å². The molecule has 0 aliphatic carbocycles. The van der Waals surface area contributed by atoms with Gasteiger partial charge in [0.25, 0.3) is 0 Å². The van der Waals surface area contributed by atoms with Gasteiger partial charge in [-0.1, -0.05) is 0 Å². The van der Waals surface area contributed by atoms with E-state index in [4.69, 9.17) is 15.2 Å². The first kappa shape index (κ1) is 12.9. The van der Waals surface area contributed by atoms with Gasteiger partial charge in [0.1, 0.15) is 5.60 Å². The van der Waals surface area contributed by atoms with E-state index in [0.29, 0.717) is 24.6 Å². The molecule has 1 spiro atoms. The van der Waals surface area contributed by atoms with E-state index >= 15 is 0 Å². The molecule has 0 saturated carbocycles. The number of hydrogen-bond acceptors (Lipinski definition) is 6. The predicted molar refractivity (Wildman–Crippen MR) is 72.0 cm³/mol. The van der Waals surface area contributed by atoms with Crippen molar-refractivity contribution >= 4 is 22.4 Å². The number of carbonyl (C=O) groups is 1. The van der Waals surface area contributed by atoms with Gasteiger partial charge in [0.05, 0.1) is 30.2 Å². The molecule has 0 amide bonds. The second-order valence-corrected chi connectivity index (χ2v) is 6.83. The molecule has 5 nitrogen and oxygen atoms in total. The minimum atomic E-state index is -0.473. The van der Waals surface area contributed by atoms with Gasteiger partial charge >= 0.3 is 5.97 Å². The maximum atomic E-state index is 11.8.